The summed E-state index contributed by atoms with van der Waals surface area (Å²) in [5, 5.41) is 9.32. The molecule has 1 fully saturated rings. The van der Waals surface area contributed by atoms with E-state index in [-0.39, 0.29) is 24.7 Å². The molecule has 1 nitrogen and oxygen atoms in total. The Labute approximate surface area is 75.9 Å². The summed E-state index contributed by atoms with van der Waals surface area (Å²) in [5.41, 5.74) is -2.41. The van der Waals surface area contributed by atoms with Crippen molar-refractivity contribution >= 4 is 0 Å². The number of alkyl halides is 3. The van der Waals surface area contributed by atoms with Crippen molar-refractivity contribution in [3.8, 4) is 0 Å². The zero-order valence-electron chi connectivity index (χ0n) is 7.86. The van der Waals surface area contributed by atoms with Crippen molar-refractivity contribution in [1.29, 1.82) is 0 Å². The lowest BCUT2D eigenvalue weighted by Crippen LogP contribution is -2.42. The van der Waals surface area contributed by atoms with Gasteiger partial charge in [-0.25, -0.2) is 0 Å². The molecule has 0 amide bonds. The molecule has 4 heteroatoms. The van der Waals surface area contributed by atoms with Crippen LogP contribution < -0.4 is 0 Å². The molecule has 0 spiro atoms. The molecule has 1 aliphatic carbocycles. The van der Waals surface area contributed by atoms with E-state index in [1.54, 1.807) is 0 Å². The van der Waals surface area contributed by atoms with Crippen LogP contribution in [0, 0.1) is 11.8 Å². The van der Waals surface area contributed by atoms with Gasteiger partial charge in [-0.15, -0.1) is 0 Å². The predicted octanol–water partition coefficient (Wildman–Crippen LogP) is 2.74. The Hall–Kier alpha value is -0.250. The lowest BCUT2D eigenvalue weighted by atomic mass is 9.92. The highest BCUT2D eigenvalue weighted by Gasteiger charge is 2.57. The minimum atomic E-state index is -4.46. The van der Waals surface area contributed by atoms with E-state index in [0.717, 1.165) is 0 Å². The molecule has 1 aliphatic rings. The van der Waals surface area contributed by atoms with E-state index in [1.807, 2.05) is 13.8 Å². The monoisotopic (exact) mass is 196 g/mol. The average Bonchev–Trinajstić information content (AvgIpc) is 2.31. The third kappa shape index (κ3) is 1.98. The summed E-state index contributed by atoms with van der Waals surface area (Å²) in [6.45, 7) is 3.79. The third-order valence-corrected chi connectivity index (χ3v) is 3.00. The van der Waals surface area contributed by atoms with Gasteiger partial charge in [0.25, 0.3) is 0 Å². The number of aliphatic hydroxyl groups is 1. The second-order valence-corrected chi connectivity index (χ2v) is 4.28. The van der Waals surface area contributed by atoms with Crippen LogP contribution in [0.1, 0.15) is 33.1 Å². The fraction of sp³-hybridized carbons (Fsp3) is 1.00. The fourth-order valence-corrected chi connectivity index (χ4v) is 1.89. The Morgan fingerprint density at radius 2 is 1.92 bits per heavy atom. The Morgan fingerprint density at radius 1 is 1.38 bits per heavy atom. The minimum absolute atomic E-state index is 0.00613. The Balaban J connectivity index is 2.67. The summed E-state index contributed by atoms with van der Waals surface area (Å²) in [4.78, 5) is 0. The first-order valence-electron chi connectivity index (χ1n) is 4.55. The highest BCUT2D eigenvalue weighted by molar-refractivity contribution is 4.95. The van der Waals surface area contributed by atoms with Crippen LogP contribution in [0.15, 0.2) is 0 Å². The number of halogens is 3. The van der Waals surface area contributed by atoms with E-state index in [9.17, 15) is 18.3 Å². The van der Waals surface area contributed by atoms with Gasteiger partial charge in [-0.1, -0.05) is 13.8 Å². The quantitative estimate of drug-likeness (QED) is 0.683. The topological polar surface area (TPSA) is 20.2 Å². The maximum Gasteiger partial charge on any atom is 0.417 e. The number of hydrogen-bond donors (Lipinski definition) is 1. The number of rotatable bonds is 1. The van der Waals surface area contributed by atoms with Crippen molar-refractivity contribution in [1.82, 2.24) is 0 Å². The Morgan fingerprint density at radius 3 is 2.15 bits per heavy atom. The number of hydrogen-bond acceptors (Lipinski definition) is 1. The van der Waals surface area contributed by atoms with Crippen LogP contribution in [0.3, 0.4) is 0 Å². The molecule has 0 radical (unpaired) electrons. The minimum Gasteiger partial charge on any atom is -0.380 e. The van der Waals surface area contributed by atoms with Gasteiger partial charge in [0, 0.05) is 0 Å². The zero-order chi connectivity index (χ0) is 10.3. The van der Waals surface area contributed by atoms with Gasteiger partial charge in [0.2, 0.25) is 0 Å². The molecule has 78 valence electrons. The molecule has 0 saturated heterocycles. The van der Waals surface area contributed by atoms with E-state index in [1.165, 1.54) is 0 Å². The van der Waals surface area contributed by atoms with Gasteiger partial charge < -0.3 is 5.11 Å². The van der Waals surface area contributed by atoms with Gasteiger partial charge >= 0.3 is 6.18 Å². The molecule has 0 aromatic rings. The molecule has 0 aliphatic heterocycles. The van der Waals surface area contributed by atoms with E-state index >= 15 is 0 Å². The van der Waals surface area contributed by atoms with Crippen LogP contribution in [-0.2, 0) is 0 Å². The second kappa shape index (κ2) is 3.15. The average molecular weight is 196 g/mol. The molecule has 1 saturated carbocycles. The van der Waals surface area contributed by atoms with E-state index in [2.05, 4.69) is 0 Å². The van der Waals surface area contributed by atoms with Gasteiger partial charge in [-0.2, -0.15) is 13.2 Å². The molecule has 0 aromatic heterocycles. The molecule has 0 heterocycles. The standard InChI is InChI=1S/C9H15F3O/c1-6(2)7-3-4-8(13,5-7)9(10,11)12/h6-7,13H,3-5H2,1-2H3. The van der Waals surface area contributed by atoms with Crippen molar-refractivity contribution < 1.29 is 18.3 Å². The third-order valence-electron chi connectivity index (χ3n) is 3.00. The van der Waals surface area contributed by atoms with Crippen molar-refractivity contribution in [2.75, 3.05) is 0 Å². The van der Waals surface area contributed by atoms with E-state index < -0.39 is 11.8 Å². The van der Waals surface area contributed by atoms with E-state index in [4.69, 9.17) is 0 Å². The molecule has 2 atom stereocenters. The normalized spacial score (nSPS) is 35.8. The summed E-state index contributed by atoms with van der Waals surface area (Å²) >= 11 is 0. The molecule has 0 aromatic carbocycles. The molecule has 1 N–H and O–H groups in total. The highest BCUT2D eigenvalue weighted by atomic mass is 19.4. The first-order chi connectivity index (χ1) is 5.76. The van der Waals surface area contributed by atoms with Crippen LogP contribution in [-0.4, -0.2) is 16.9 Å². The zero-order valence-corrected chi connectivity index (χ0v) is 7.86. The van der Waals surface area contributed by atoms with Gasteiger partial charge in [0.1, 0.15) is 0 Å². The van der Waals surface area contributed by atoms with Crippen molar-refractivity contribution in [2.45, 2.75) is 44.9 Å². The molecule has 0 bridgehead atoms. The summed E-state index contributed by atoms with van der Waals surface area (Å²) in [6.07, 6.45) is -4.25. The second-order valence-electron chi connectivity index (χ2n) is 4.28. The molecule has 2 unspecified atom stereocenters. The summed E-state index contributed by atoms with van der Waals surface area (Å²) < 4.78 is 37.0. The van der Waals surface area contributed by atoms with Gasteiger partial charge in [-0.3, -0.25) is 0 Å². The lowest BCUT2D eigenvalue weighted by Gasteiger charge is -2.26. The molecule has 1 rings (SSSR count). The first-order valence-corrected chi connectivity index (χ1v) is 4.55. The van der Waals surface area contributed by atoms with Crippen LogP contribution in [0.5, 0.6) is 0 Å². The van der Waals surface area contributed by atoms with Gasteiger partial charge in [-0.05, 0) is 31.1 Å². The van der Waals surface area contributed by atoms with Crippen molar-refractivity contribution in [3.63, 3.8) is 0 Å². The largest absolute Gasteiger partial charge is 0.417 e. The first kappa shape index (κ1) is 10.8. The summed E-state index contributed by atoms with van der Waals surface area (Å²) in [5.74, 6) is 0.225. The van der Waals surface area contributed by atoms with Gasteiger partial charge in [0.15, 0.2) is 5.60 Å². The highest BCUT2D eigenvalue weighted by Crippen LogP contribution is 2.47. The maximum atomic E-state index is 12.3. The van der Waals surface area contributed by atoms with Crippen molar-refractivity contribution in [2.24, 2.45) is 11.8 Å². The SMILES string of the molecule is CC(C)C1CCC(O)(C(F)(F)F)C1. The van der Waals surface area contributed by atoms with Crippen LogP contribution >= 0.6 is 0 Å². The summed E-state index contributed by atoms with van der Waals surface area (Å²) in [7, 11) is 0. The maximum absolute atomic E-state index is 12.3. The molecular weight excluding hydrogens is 181 g/mol. The Bertz CT molecular complexity index is 188. The molecular formula is C9H15F3O. The van der Waals surface area contributed by atoms with Crippen molar-refractivity contribution in [3.05, 3.63) is 0 Å². The summed E-state index contributed by atoms with van der Waals surface area (Å²) in [6, 6.07) is 0. The predicted molar refractivity (Wildman–Crippen MR) is 43.2 cm³/mol. The van der Waals surface area contributed by atoms with Crippen LogP contribution in [0.25, 0.3) is 0 Å². The fourth-order valence-electron chi connectivity index (χ4n) is 1.89. The van der Waals surface area contributed by atoms with Crippen LogP contribution in [0.4, 0.5) is 13.2 Å². The Kier molecular flexibility index (Phi) is 2.63. The smallest absolute Gasteiger partial charge is 0.380 e. The van der Waals surface area contributed by atoms with Gasteiger partial charge in [0.05, 0.1) is 0 Å². The van der Waals surface area contributed by atoms with Crippen LogP contribution in [0.2, 0.25) is 0 Å². The lowest BCUT2D eigenvalue weighted by molar-refractivity contribution is -0.258. The molecule has 13 heavy (non-hydrogen) atoms. The van der Waals surface area contributed by atoms with E-state index in [0.29, 0.717) is 6.42 Å².